The Morgan fingerprint density at radius 2 is 1.32 bits per heavy atom. The van der Waals surface area contributed by atoms with Gasteiger partial charge in [0.05, 0.1) is 0 Å². The Bertz CT molecular complexity index is 779. The fourth-order valence-electron chi connectivity index (χ4n) is 3.63. The average Bonchev–Trinajstić information content (AvgIpc) is 2.88. The number of rotatable bonds is 14. The summed E-state index contributed by atoms with van der Waals surface area (Å²) in [5, 5.41) is 0. The molecule has 0 spiro atoms. The van der Waals surface area contributed by atoms with Crippen LogP contribution in [0.5, 0.6) is 0 Å². The molecule has 0 unspecified atom stereocenters. The quantitative estimate of drug-likeness (QED) is 0.158. The summed E-state index contributed by atoms with van der Waals surface area (Å²) in [5.74, 6) is 0.209. The van der Waals surface area contributed by atoms with Gasteiger partial charge in [-0.25, -0.2) is 0 Å². The lowest BCUT2D eigenvalue weighted by molar-refractivity contribution is 0.0981. The summed E-state index contributed by atoms with van der Waals surface area (Å²) in [6.45, 7) is 15.1. The van der Waals surface area contributed by atoms with Gasteiger partial charge in [-0.05, 0) is 36.2 Å². The fourth-order valence-corrected chi connectivity index (χ4v) is 3.63. The number of carbonyl (C=O) groups excluding carboxylic acids is 2. The van der Waals surface area contributed by atoms with Crippen molar-refractivity contribution in [3.8, 4) is 0 Å². The van der Waals surface area contributed by atoms with Gasteiger partial charge in [0, 0.05) is 30.6 Å². The van der Waals surface area contributed by atoms with Crippen LogP contribution in [-0.2, 0) is 13.1 Å². The molecule has 0 radical (unpaired) electrons. The van der Waals surface area contributed by atoms with Crippen molar-refractivity contribution < 1.29 is 9.59 Å². The lowest BCUT2D eigenvalue weighted by Crippen LogP contribution is -2.22. The van der Waals surface area contributed by atoms with Crippen molar-refractivity contribution in [2.45, 2.75) is 106 Å². The first-order valence-corrected chi connectivity index (χ1v) is 13.5. The van der Waals surface area contributed by atoms with Crippen molar-refractivity contribution in [2.24, 2.45) is 0 Å². The molecule has 0 aliphatic rings. The second-order valence-corrected chi connectivity index (χ2v) is 8.45. The second kappa shape index (κ2) is 21.3. The van der Waals surface area contributed by atoms with Crippen LogP contribution in [0.2, 0.25) is 0 Å². The van der Waals surface area contributed by atoms with Gasteiger partial charge < -0.3 is 0 Å². The molecule has 0 aliphatic heterocycles. The van der Waals surface area contributed by atoms with Gasteiger partial charge >= 0.3 is 0 Å². The summed E-state index contributed by atoms with van der Waals surface area (Å²) in [7, 11) is 0. The number of aldehydes is 1. The number of Topliss-reactive ketones (excluding diaryl/α,β-unsaturated/α-hetero) is 1. The maximum absolute atomic E-state index is 12.1. The predicted molar refractivity (Wildman–Crippen MR) is 148 cm³/mol. The monoisotopic (exact) mass is 467 g/mol. The molecule has 0 aliphatic carbocycles. The third-order valence-corrected chi connectivity index (χ3v) is 5.53. The van der Waals surface area contributed by atoms with Gasteiger partial charge in [0.1, 0.15) is 6.29 Å². The highest BCUT2D eigenvalue weighted by atomic mass is 16.1. The zero-order chi connectivity index (χ0) is 25.6. The van der Waals surface area contributed by atoms with E-state index in [0.29, 0.717) is 12.0 Å². The molecule has 2 aromatic rings. The Hall–Kier alpha value is -2.26. The van der Waals surface area contributed by atoms with Gasteiger partial charge in [-0.15, -0.1) is 0 Å². The van der Waals surface area contributed by atoms with Gasteiger partial charge in [-0.3, -0.25) is 14.5 Å². The summed E-state index contributed by atoms with van der Waals surface area (Å²) >= 11 is 0. The van der Waals surface area contributed by atoms with Crippen LogP contribution < -0.4 is 0 Å². The maximum atomic E-state index is 12.1. The minimum atomic E-state index is 0.209. The van der Waals surface area contributed by atoms with E-state index >= 15 is 0 Å². The van der Waals surface area contributed by atoms with Crippen LogP contribution in [0.15, 0.2) is 48.5 Å². The predicted octanol–water partition coefficient (Wildman–Crippen LogP) is 8.90. The fraction of sp³-hybridized carbons (Fsp3) is 0.548. The highest BCUT2D eigenvalue weighted by Gasteiger charge is 2.09. The highest BCUT2D eigenvalue weighted by molar-refractivity contribution is 5.96. The van der Waals surface area contributed by atoms with Crippen molar-refractivity contribution in [3.05, 3.63) is 70.8 Å². The lowest BCUT2D eigenvalue weighted by Gasteiger charge is -2.21. The van der Waals surface area contributed by atoms with Crippen LogP contribution >= 0.6 is 0 Å². The van der Waals surface area contributed by atoms with Gasteiger partial charge in [-0.2, -0.15) is 0 Å². The topological polar surface area (TPSA) is 37.4 Å². The molecule has 0 fully saturated rings. The molecular formula is C31H49NO2. The van der Waals surface area contributed by atoms with Crippen molar-refractivity contribution in [2.75, 3.05) is 6.54 Å². The molecule has 0 N–H and O–H groups in total. The molecule has 2 aromatic carbocycles. The van der Waals surface area contributed by atoms with Crippen LogP contribution in [-0.4, -0.2) is 23.5 Å². The first-order chi connectivity index (χ1) is 16.6. The highest BCUT2D eigenvalue weighted by Crippen LogP contribution is 2.14. The molecule has 2 rings (SSSR count). The zero-order valence-electron chi connectivity index (χ0n) is 22.7. The van der Waals surface area contributed by atoms with Crippen LogP contribution in [0.4, 0.5) is 0 Å². The minimum Gasteiger partial charge on any atom is -0.298 e. The maximum Gasteiger partial charge on any atom is 0.162 e. The molecular weight excluding hydrogens is 418 g/mol. The third kappa shape index (κ3) is 14.1. The van der Waals surface area contributed by atoms with E-state index in [2.05, 4.69) is 31.7 Å². The van der Waals surface area contributed by atoms with Crippen LogP contribution in [0.3, 0.4) is 0 Å². The van der Waals surface area contributed by atoms with E-state index in [9.17, 15) is 9.59 Å². The van der Waals surface area contributed by atoms with Gasteiger partial charge in [0.25, 0.3) is 0 Å². The number of hydrogen-bond donors (Lipinski definition) is 0. The van der Waals surface area contributed by atoms with Gasteiger partial charge in [0.2, 0.25) is 0 Å². The Morgan fingerprint density at radius 1 is 0.765 bits per heavy atom. The average molecular weight is 468 g/mol. The summed E-state index contributed by atoms with van der Waals surface area (Å²) in [6, 6.07) is 15.6. The smallest absolute Gasteiger partial charge is 0.162 e. The van der Waals surface area contributed by atoms with E-state index < -0.39 is 0 Å². The standard InChI is InChI=1S/C21H25NO2.C8H18.C2H6/c1-3-7-21(24)20-11-6-9-18(13-20)15-22(4-2)14-17-8-5-10-19(12-17)16-23;1-3-5-7-8-6-4-2;1-2/h5-6,8-13,16H,3-4,7,14-15H2,1-2H3;3-8H2,1-2H3;1-2H3. The SMILES string of the molecule is CC.CCCC(=O)c1cccc(CN(CC)Cc2cccc(C=O)c2)c1.CCCCCCCC. The largest absolute Gasteiger partial charge is 0.298 e. The second-order valence-electron chi connectivity index (χ2n) is 8.45. The normalized spacial score (nSPS) is 10.1. The Kier molecular flexibility index (Phi) is 19.9. The molecule has 0 aromatic heterocycles. The van der Waals surface area contributed by atoms with Crippen molar-refractivity contribution >= 4 is 12.1 Å². The number of benzene rings is 2. The lowest BCUT2D eigenvalue weighted by atomic mass is 10.0. The van der Waals surface area contributed by atoms with Crippen LogP contribution in [0.1, 0.15) is 125 Å². The number of nitrogens with zero attached hydrogens (tertiary/aromatic N) is 1. The van der Waals surface area contributed by atoms with Crippen molar-refractivity contribution in [3.63, 3.8) is 0 Å². The molecule has 34 heavy (non-hydrogen) atoms. The summed E-state index contributed by atoms with van der Waals surface area (Å²) in [5.41, 5.74) is 3.77. The van der Waals surface area contributed by atoms with E-state index in [0.717, 1.165) is 49.0 Å². The van der Waals surface area contributed by atoms with Gasteiger partial charge in [-0.1, -0.05) is 116 Å². The molecule has 0 bridgehead atoms. The van der Waals surface area contributed by atoms with Crippen LogP contribution in [0.25, 0.3) is 0 Å². The van der Waals surface area contributed by atoms with Crippen molar-refractivity contribution in [1.82, 2.24) is 4.90 Å². The molecule has 190 valence electrons. The van der Waals surface area contributed by atoms with Crippen LogP contribution in [0, 0.1) is 0 Å². The summed E-state index contributed by atoms with van der Waals surface area (Å²) in [4.78, 5) is 25.3. The van der Waals surface area contributed by atoms with E-state index in [1.165, 1.54) is 38.5 Å². The van der Waals surface area contributed by atoms with Crippen molar-refractivity contribution in [1.29, 1.82) is 0 Å². The molecule has 0 saturated carbocycles. The third-order valence-electron chi connectivity index (χ3n) is 5.53. The van der Waals surface area contributed by atoms with E-state index in [-0.39, 0.29) is 5.78 Å². The van der Waals surface area contributed by atoms with Gasteiger partial charge in [0.15, 0.2) is 5.78 Å². The Labute approximate surface area is 210 Å². The number of hydrogen-bond acceptors (Lipinski definition) is 3. The van der Waals surface area contributed by atoms with E-state index in [1.54, 1.807) is 0 Å². The Balaban J connectivity index is 0.000000924. The first-order valence-electron chi connectivity index (χ1n) is 13.5. The van der Waals surface area contributed by atoms with E-state index in [1.807, 2.05) is 63.2 Å². The molecule has 0 saturated heterocycles. The minimum absolute atomic E-state index is 0.209. The number of ketones is 1. The Morgan fingerprint density at radius 3 is 1.82 bits per heavy atom. The summed E-state index contributed by atoms with van der Waals surface area (Å²) < 4.78 is 0. The molecule has 0 heterocycles. The number of unbranched alkanes of at least 4 members (excludes halogenated alkanes) is 5. The summed E-state index contributed by atoms with van der Waals surface area (Å²) in [6.07, 6.45) is 10.8. The zero-order valence-corrected chi connectivity index (χ0v) is 22.7. The molecule has 3 heteroatoms. The molecule has 3 nitrogen and oxygen atoms in total. The number of carbonyl (C=O) groups is 2. The molecule has 0 atom stereocenters. The first kappa shape index (κ1) is 31.7. The molecule has 0 amide bonds. The van der Waals surface area contributed by atoms with E-state index in [4.69, 9.17) is 0 Å².